The first-order chi connectivity index (χ1) is 10.5. The summed E-state index contributed by atoms with van der Waals surface area (Å²) in [5.41, 5.74) is 3.22. The number of carbonyl (C=O) groups is 1. The number of benzene rings is 1. The van der Waals surface area contributed by atoms with Crippen LogP contribution in [-0.2, 0) is 10.4 Å². The number of nitrogens with one attached hydrogen (secondary N) is 2. The summed E-state index contributed by atoms with van der Waals surface area (Å²) in [6, 6.07) is 11.5. The molecule has 0 radical (unpaired) electrons. The first kappa shape index (κ1) is 14.3. The van der Waals surface area contributed by atoms with E-state index in [-0.39, 0.29) is 0 Å². The Labute approximate surface area is 128 Å². The number of aromatic nitrogens is 2. The van der Waals surface area contributed by atoms with Gasteiger partial charge in [0, 0.05) is 17.1 Å². The highest BCUT2D eigenvalue weighted by atomic mass is 16.3. The Hall–Kier alpha value is -2.66. The third kappa shape index (κ3) is 2.58. The average molecular weight is 295 g/mol. The molecule has 112 valence electrons. The topological polar surface area (TPSA) is 78.0 Å². The molecule has 2 aromatic heterocycles. The van der Waals surface area contributed by atoms with Crippen LogP contribution < -0.4 is 5.32 Å². The van der Waals surface area contributed by atoms with E-state index >= 15 is 0 Å². The van der Waals surface area contributed by atoms with E-state index in [9.17, 15) is 9.90 Å². The maximum atomic E-state index is 10.6. The Bertz CT molecular complexity index is 814. The van der Waals surface area contributed by atoms with E-state index in [2.05, 4.69) is 15.3 Å². The predicted molar refractivity (Wildman–Crippen MR) is 86.5 cm³/mol. The maximum Gasteiger partial charge on any atom is 0.211 e. The third-order valence-corrected chi connectivity index (χ3v) is 3.64. The molecule has 0 fully saturated rings. The lowest BCUT2D eigenvalue weighted by Crippen LogP contribution is -2.14. The summed E-state index contributed by atoms with van der Waals surface area (Å²) in [6.07, 6.45) is 2.36. The Morgan fingerprint density at radius 1 is 1.18 bits per heavy atom. The fourth-order valence-electron chi connectivity index (χ4n) is 2.40. The van der Waals surface area contributed by atoms with Gasteiger partial charge in [0.15, 0.2) is 0 Å². The van der Waals surface area contributed by atoms with Crippen LogP contribution in [0, 0.1) is 0 Å². The van der Waals surface area contributed by atoms with Crippen molar-refractivity contribution < 1.29 is 9.90 Å². The molecule has 3 rings (SSSR count). The van der Waals surface area contributed by atoms with Crippen molar-refractivity contribution in [3.05, 3.63) is 48.2 Å². The number of aliphatic hydroxyl groups is 1. The fourth-order valence-corrected chi connectivity index (χ4v) is 2.40. The van der Waals surface area contributed by atoms with Gasteiger partial charge in [-0.1, -0.05) is 24.3 Å². The van der Waals surface area contributed by atoms with Gasteiger partial charge in [-0.15, -0.1) is 0 Å². The van der Waals surface area contributed by atoms with Gasteiger partial charge in [0.05, 0.1) is 17.0 Å². The molecule has 0 atom stereocenters. The number of hydrogen-bond acceptors (Lipinski definition) is 3. The molecule has 22 heavy (non-hydrogen) atoms. The molecule has 0 aliphatic rings. The zero-order valence-electron chi connectivity index (χ0n) is 12.4. The van der Waals surface area contributed by atoms with E-state index in [1.165, 1.54) is 0 Å². The van der Waals surface area contributed by atoms with E-state index in [1.54, 1.807) is 20.0 Å². The molecular formula is C17H17N3O2. The van der Waals surface area contributed by atoms with E-state index in [1.807, 2.05) is 36.4 Å². The Morgan fingerprint density at radius 2 is 1.91 bits per heavy atom. The number of carbonyl (C=O) groups excluding carboxylic acids is 1. The van der Waals surface area contributed by atoms with Gasteiger partial charge in [0.2, 0.25) is 6.41 Å². The number of aromatic amines is 1. The van der Waals surface area contributed by atoms with Gasteiger partial charge in [0.25, 0.3) is 0 Å². The summed E-state index contributed by atoms with van der Waals surface area (Å²) in [4.78, 5) is 18.2. The number of amides is 1. The minimum absolute atomic E-state index is 0.645. The standard InChI is InChI=1S/C17H17N3O2/c1-17(2,22)12-5-3-11(4-6-12)14-8-7-13-15(19-10-21)9-18-16(13)20-14/h3-10,22H,1-2H3,(H,18,20)(H,19,21). The number of rotatable bonds is 4. The second kappa shape index (κ2) is 5.27. The summed E-state index contributed by atoms with van der Waals surface area (Å²) < 4.78 is 0. The van der Waals surface area contributed by atoms with E-state index in [0.29, 0.717) is 17.7 Å². The number of H-pyrrole nitrogens is 1. The number of pyridine rings is 1. The van der Waals surface area contributed by atoms with Crippen LogP contribution in [-0.4, -0.2) is 21.5 Å². The van der Waals surface area contributed by atoms with Crippen LogP contribution in [0.1, 0.15) is 19.4 Å². The van der Waals surface area contributed by atoms with Gasteiger partial charge in [0.1, 0.15) is 5.65 Å². The number of fused-ring (bicyclic) bond motifs is 1. The van der Waals surface area contributed by atoms with Gasteiger partial charge >= 0.3 is 0 Å². The summed E-state index contributed by atoms with van der Waals surface area (Å²) in [5, 5.41) is 13.5. The summed E-state index contributed by atoms with van der Waals surface area (Å²) in [6.45, 7) is 3.51. The van der Waals surface area contributed by atoms with Gasteiger partial charge in [-0.3, -0.25) is 4.79 Å². The minimum Gasteiger partial charge on any atom is -0.386 e. The molecule has 3 N–H and O–H groups in total. The van der Waals surface area contributed by atoms with Crippen molar-refractivity contribution in [2.75, 3.05) is 5.32 Å². The second-order valence-corrected chi connectivity index (χ2v) is 5.69. The van der Waals surface area contributed by atoms with Crippen molar-refractivity contribution >= 4 is 23.1 Å². The first-order valence-corrected chi connectivity index (χ1v) is 7.00. The zero-order valence-corrected chi connectivity index (χ0v) is 12.4. The molecule has 2 heterocycles. The average Bonchev–Trinajstić information content (AvgIpc) is 2.89. The fraction of sp³-hybridized carbons (Fsp3) is 0.176. The summed E-state index contributed by atoms with van der Waals surface area (Å²) in [5.74, 6) is 0. The largest absolute Gasteiger partial charge is 0.386 e. The third-order valence-electron chi connectivity index (χ3n) is 3.64. The van der Waals surface area contributed by atoms with Gasteiger partial charge in [-0.05, 0) is 31.5 Å². The lowest BCUT2D eigenvalue weighted by Gasteiger charge is -2.17. The van der Waals surface area contributed by atoms with Crippen molar-refractivity contribution in [3.8, 4) is 11.3 Å². The quantitative estimate of drug-likeness (QED) is 0.647. The van der Waals surface area contributed by atoms with Crippen molar-refractivity contribution in [2.45, 2.75) is 19.4 Å². The van der Waals surface area contributed by atoms with Crippen LogP contribution >= 0.6 is 0 Å². The number of nitrogens with zero attached hydrogens (tertiary/aromatic N) is 1. The van der Waals surface area contributed by atoms with E-state index in [0.717, 1.165) is 22.2 Å². The number of anilines is 1. The lowest BCUT2D eigenvalue weighted by atomic mass is 9.96. The smallest absolute Gasteiger partial charge is 0.211 e. The first-order valence-electron chi connectivity index (χ1n) is 7.00. The molecule has 3 aromatic rings. The van der Waals surface area contributed by atoms with Crippen molar-refractivity contribution in [1.82, 2.24) is 9.97 Å². The summed E-state index contributed by atoms with van der Waals surface area (Å²) in [7, 11) is 0. The Balaban J connectivity index is 1.98. The molecular weight excluding hydrogens is 278 g/mol. The van der Waals surface area contributed by atoms with Crippen molar-refractivity contribution in [3.63, 3.8) is 0 Å². The van der Waals surface area contributed by atoms with Crippen LogP contribution in [0.4, 0.5) is 5.69 Å². The molecule has 0 spiro atoms. The highest BCUT2D eigenvalue weighted by molar-refractivity contribution is 5.95. The SMILES string of the molecule is CC(C)(O)c1ccc(-c2ccc3c(NC=O)c[nH]c3n2)cc1. The summed E-state index contributed by atoms with van der Waals surface area (Å²) >= 11 is 0. The number of hydrogen-bond donors (Lipinski definition) is 3. The Morgan fingerprint density at radius 3 is 2.55 bits per heavy atom. The maximum absolute atomic E-state index is 10.6. The minimum atomic E-state index is -0.856. The van der Waals surface area contributed by atoms with Crippen LogP contribution in [0.2, 0.25) is 0 Å². The Kier molecular flexibility index (Phi) is 3.42. The predicted octanol–water partition coefficient (Wildman–Crippen LogP) is 3.03. The molecule has 0 aliphatic carbocycles. The molecule has 1 amide bonds. The molecule has 0 unspecified atom stereocenters. The second-order valence-electron chi connectivity index (χ2n) is 5.69. The molecule has 5 heteroatoms. The molecule has 0 aliphatic heterocycles. The molecule has 0 bridgehead atoms. The highest BCUT2D eigenvalue weighted by Gasteiger charge is 2.15. The van der Waals surface area contributed by atoms with Gasteiger partial charge in [-0.25, -0.2) is 4.98 Å². The van der Waals surface area contributed by atoms with Crippen molar-refractivity contribution in [1.29, 1.82) is 0 Å². The lowest BCUT2D eigenvalue weighted by molar-refractivity contribution is -0.105. The zero-order chi connectivity index (χ0) is 15.7. The van der Waals surface area contributed by atoms with Gasteiger partial charge < -0.3 is 15.4 Å². The van der Waals surface area contributed by atoms with Crippen molar-refractivity contribution in [2.24, 2.45) is 0 Å². The van der Waals surface area contributed by atoms with E-state index < -0.39 is 5.60 Å². The molecule has 5 nitrogen and oxygen atoms in total. The molecule has 0 saturated carbocycles. The monoisotopic (exact) mass is 295 g/mol. The van der Waals surface area contributed by atoms with Crippen LogP contribution in [0.5, 0.6) is 0 Å². The van der Waals surface area contributed by atoms with Crippen LogP contribution in [0.15, 0.2) is 42.6 Å². The molecule has 1 aromatic carbocycles. The highest BCUT2D eigenvalue weighted by Crippen LogP contribution is 2.27. The van der Waals surface area contributed by atoms with Gasteiger partial charge in [-0.2, -0.15) is 0 Å². The van der Waals surface area contributed by atoms with Crippen LogP contribution in [0.25, 0.3) is 22.3 Å². The van der Waals surface area contributed by atoms with Crippen LogP contribution in [0.3, 0.4) is 0 Å². The molecule has 0 saturated heterocycles. The van der Waals surface area contributed by atoms with E-state index in [4.69, 9.17) is 0 Å². The normalized spacial score (nSPS) is 11.6.